The zero-order valence-corrected chi connectivity index (χ0v) is 35.7. The Kier molecular flexibility index (Phi) is 16.5. The van der Waals surface area contributed by atoms with Crippen LogP contribution < -0.4 is 14.8 Å². The van der Waals surface area contributed by atoms with Crippen molar-refractivity contribution < 1.29 is 16.8 Å². The molecule has 10 nitrogen and oxygen atoms in total. The minimum atomic E-state index is -3.59. The van der Waals surface area contributed by atoms with Gasteiger partial charge in [-0.15, -0.1) is 0 Å². The third-order valence-corrected chi connectivity index (χ3v) is 12.7. The SMILES string of the molecule is CC(/C=C/c1ccc(Cl)cc1)NCCNS(=O)(=O)c1cccc2cnccc12.CCN(C/C=C/c1ccc(Br)cc1)CCNS(=O)(=O)c1cccc2cnccc12. The quantitative estimate of drug-likeness (QED) is 0.0782. The Morgan fingerprint density at radius 1 is 0.719 bits per heavy atom. The molecule has 0 aliphatic rings. The molecule has 6 aromatic rings. The van der Waals surface area contributed by atoms with Gasteiger partial charge in [-0.1, -0.05) is 107 Å². The van der Waals surface area contributed by atoms with Crippen LogP contribution in [0.5, 0.6) is 0 Å². The molecule has 4 aromatic carbocycles. The Balaban J connectivity index is 0.000000218. The number of rotatable bonds is 17. The zero-order valence-electron chi connectivity index (χ0n) is 31.7. The van der Waals surface area contributed by atoms with Gasteiger partial charge < -0.3 is 5.32 Å². The van der Waals surface area contributed by atoms with Crippen LogP contribution in [0.3, 0.4) is 0 Å². The van der Waals surface area contributed by atoms with Gasteiger partial charge in [-0.05, 0) is 73.1 Å². The van der Waals surface area contributed by atoms with Crippen molar-refractivity contribution in [2.75, 3.05) is 39.3 Å². The summed E-state index contributed by atoms with van der Waals surface area (Å²) in [6.07, 6.45) is 14.7. The summed E-state index contributed by atoms with van der Waals surface area (Å²) >= 11 is 9.31. The summed E-state index contributed by atoms with van der Waals surface area (Å²) in [6.45, 7) is 7.47. The van der Waals surface area contributed by atoms with Crippen molar-refractivity contribution in [2.45, 2.75) is 29.7 Å². The van der Waals surface area contributed by atoms with E-state index < -0.39 is 20.0 Å². The highest BCUT2D eigenvalue weighted by Gasteiger charge is 2.18. The molecule has 2 heterocycles. The van der Waals surface area contributed by atoms with E-state index in [1.165, 1.54) is 0 Å². The normalized spacial score (nSPS) is 12.7. The van der Waals surface area contributed by atoms with E-state index in [1.54, 1.807) is 61.2 Å². The Bertz CT molecular complexity index is 2490. The maximum Gasteiger partial charge on any atom is 0.241 e. The Labute approximate surface area is 349 Å². The van der Waals surface area contributed by atoms with E-state index in [4.69, 9.17) is 11.6 Å². The molecule has 0 bridgehead atoms. The van der Waals surface area contributed by atoms with E-state index in [9.17, 15) is 16.8 Å². The van der Waals surface area contributed by atoms with Crippen molar-refractivity contribution in [3.8, 4) is 0 Å². The number of halogens is 2. The second-order valence-electron chi connectivity index (χ2n) is 13.0. The molecular weight excluding hydrogens is 844 g/mol. The van der Waals surface area contributed by atoms with E-state index in [2.05, 4.69) is 64.6 Å². The predicted molar refractivity (Wildman–Crippen MR) is 237 cm³/mol. The summed E-state index contributed by atoms with van der Waals surface area (Å²) in [7, 11) is -7.18. The monoisotopic (exact) mass is 888 g/mol. The summed E-state index contributed by atoms with van der Waals surface area (Å²) in [5.41, 5.74) is 2.19. The Hall–Kier alpha value is -4.31. The van der Waals surface area contributed by atoms with Gasteiger partial charge in [0.25, 0.3) is 0 Å². The molecule has 0 amide bonds. The fourth-order valence-corrected chi connectivity index (χ4v) is 8.72. The smallest absolute Gasteiger partial charge is 0.241 e. The number of sulfonamides is 2. The first-order valence-corrected chi connectivity index (χ1v) is 22.6. The minimum absolute atomic E-state index is 0.101. The van der Waals surface area contributed by atoms with Crippen molar-refractivity contribution in [2.24, 2.45) is 0 Å². The van der Waals surface area contributed by atoms with Gasteiger partial charge in [-0.3, -0.25) is 14.9 Å². The number of nitrogens with zero attached hydrogens (tertiary/aromatic N) is 3. The van der Waals surface area contributed by atoms with Crippen molar-refractivity contribution in [1.29, 1.82) is 0 Å². The molecule has 298 valence electrons. The lowest BCUT2D eigenvalue weighted by Crippen LogP contribution is -2.35. The fourth-order valence-electron chi connectivity index (χ4n) is 5.82. The van der Waals surface area contributed by atoms with Gasteiger partial charge in [-0.2, -0.15) is 0 Å². The fraction of sp³-hybridized carbons (Fsp3) is 0.209. The van der Waals surface area contributed by atoms with Gasteiger partial charge in [0, 0.05) is 94.6 Å². The second kappa shape index (κ2) is 21.4. The molecule has 0 fully saturated rings. The summed E-state index contributed by atoms with van der Waals surface area (Å²) in [5, 5.41) is 6.93. The lowest BCUT2D eigenvalue weighted by atomic mass is 10.2. The maximum atomic E-state index is 12.8. The van der Waals surface area contributed by atoms with E-state index >= 15 is 0 Å². The first-order chi connectivity index (χ1) is 27.4. The molecule has 0 aliphatic carbocycles. The highest BCUT2D eigenvalue weighted by molar-refractivity contribution is 9.10. The molecular formula is C43H46BrClN6O4S2. The molecule has 6 rings (SSSR count). The number of hydrogen-bond acceptors (Lipinski definition) is 8. The number of benzene rings is 4. The molecule has 14 heteroatoms. The number of likely N-dealkylation sites (N-methyl/N-ethyl adjacent to an activating group) is 1. The number of nitrogens with one attached hydrogen (secondary N) is 3. The molecule has 1 unspecified atom stereocenters. The maximum absolute atomic E-state index is 12.8. The van der Waals surface area contributed by atoms with Gasteiger partial charge in [-0.25, -0.2) is 26.3 Å². The van der Waals surface area contributed by atoms with Gasteiger partial charge in [0.2, 0.25) is 20.0 Å². The number of fused-ring (bicyclic) bond motifs is 2. The summed E-state index contributed by atoms with van der Waals surface area (Å²) < 4.78 is 57.3. The van der Waals surface area contributed by atoms with E-state index in [0.29, 0.717) is 42.0 Å². The van der Waals surface area contributed by atoms with Crippen LogP contribution >= 0.6 is 27.5 Å². The molecule has 3 N–H and O–H groups in total. The highest BCUT2D eigenvalue weighted by atomic mass is 79.9. The van der Waals surface area contributed by atoms with Gasteiger partial charge >= 0.3 is 0 Å². The topological polar surface area (TPSA) is 133 Å². The van der Waals surface area contributed by atoms with Crippen LogP contribution in [0.1, 0.15) is 25.0 Å². The van der Waals surface area contributed by atoms with E-state index in [0.717, 1.165) is 39.5 Å². The standard InChI is InChI=1S/C22H24BrN3O2S.C21H22ClN3O2S/c1-2-26(15-4-5-18-8-10-20(23)11-9-18)16-14-25-29(27,28)22-7-3-6-19-17-24-13-12-21(19)22;1-16(5-6-17-7-9-19(22)10-8-17)24-13-14-25-28(26,27)21-4-2-3-18-15-23-12-11-20(18)21/h3-13,17,25H,2,14-16H2,1H3;2-12,15-16,24-25H,13-14H2,1H3/b5-4+;6-5+. The van der Waals surface area contributed by atoms with Crippen LogP contribution in [-0.2, 0) is 20.0 Å². The van der Waals surface area contributed by atoms with Crippen LogP contribution in [-0.4, -0.2) is 77.0 Å². The molecule has 0 saturated carbocycles. The number of hydrogen-bond donors (Lipinski definition) is 3. The lowest BCUT2D eigenvalue weighted by molar-refractivity contribution is 0.324. The Morgan fingerprint density at radius 2 is 1.26 bits per heavy atom. The minimum Gasteiger partial charge on any atom is -0.309 e. The summed E-state index contributed by atoms with van der Waals surface area (Å²) in [6, 6.07) is 29.6. The molecule has 0 aliphatic heterocycles. The first kappa shape index (κ1) is 43.8. The highest BCUT2D eigenvalue weighted by Crippen LogP contribution is 2.23. The van der Waals surface area contributed by atoms with Crippen molar-refractivity contribution >= 4 is 81.3 Å². The van der Waals surface area contributed by atoms with E-state index in [-0.39, 0.29) is 15.8 Å². The van der Waals surface area contributed by atoms with Gasteiger partial charge in [0.15, 0.2) is 0 Å². The van der Waals surface area contributed by atoms with Crippen LogP contribution in [0.2, 0.25) is 5.02 Å². The molecule has 0 saturated heterocycles. The van der Waals surface area contributed by atoms with Crippen molar-refractivity contribution in [1.82, 2.24) is 29.6 Å². The number of pyridine rings is 2. The van der Waals surface area contributed by atoms with Crippen LogP contribution in [0.4, 0.5) is 0 Å². The second-order valence-corrected chi connectivity index (χ2v) is 17.8. The largest absolute Gasteiger partial charge is 0.309 e. The zero-order chi connectivity index (χ0) is 40.7. The summed E-state index contributed by atoms with van der Waals surface area (Å²) in [4.78, 5) is 10.8. The van der Waals surface area contributed by atoms with Crippen LogP contribution in [0.25, 0.3) is 33.7 Å². The third kappa shape index (κ3) is 13.4. The first-order valence-electron chi connectivity index (χ1n) is 18.4. The Morgan fingerprint density at radius 3 is 1.84 bits per heavy atom. The van der Waals surface area contributed by atoms with E-state index in [1.807, 2.05) is 79.7 Å². The summed E-state index contributed by atoms with van der Waals surface area (Å²) in [5.74, 6) is 0. The molecule has 0 radical (unpaired) electrons. The van der Waals surface area contributed by atoms with Gasteiger partial charge in [0.05, 0.1) is 9.79 Å². The predicted octanol–water partition coefficient (Wildman–Crippen LogP) is 8.17. The van der Waals surface area contributed by atoms with Crippen LogP contribution in [0.15, 0.2) is 148 Å². The number of aromatic nitrogens is 2. The molecule has 1 atom stereocenters. The van der Waals surface area contributed by atoms with Gasteiger partial charge in [0.1, 0.15) is 0 Å². The van der Waals surface area contributed by atoms with Crippen LogP contribution in [0, 0.1) is 0 Å². The van der Waals surface area contributed by atoms with Crippen molar-refractivity contribution in [3.05, 3.63) is 155 Å². The third-order valence-electron chi connectivity index (χ3n) is 8.90. The molecule has 2 aromatic heterocycles. The molecule has 57 heavy (non-hydrogen) atoms. The molecule has 0 spiro atoms. The van der Waals surface area contributed by atoms with Crippen molar-refractivity contribution in [3.63, 3.8) is 0 Å². The average molecular weight is 890 g/mol. The average Bonchev–Trinajstić information content (AvgIpc) is 3.22. The lowest BCUT2D eigenvalue weighted by Gasteiger charge is -2.19.